The molecule has 0 bridgehead atoms. The number of thioether (sulfide) groups is 2. The van der Waals surface area contributed by atoms with Gasteiger partial charge in [-0.3, -0.25) is 0 Å². The fourth-order valence-electron chi connectivity index (χ4n) is 2.41. The molecule has 0 fully saturated rings. The molecule has 2 aromatic carbocycles. The van der Waals surface area contributed by atoms with Crippen molar-refractivity contribution >= 4 is 87.2 Å². The topological polar surface area (TPSA) is 58.9 Å². The Kier molecular flexibility index (Phi) is 10.9. The van der Waals surface area contributed by atoms with Crippen molar-refractivity contribution in [3.05, 3.63) is 42.2 Å². The highest BCUT2D eigenvalue weighted by Crippen LogP contribution is 2.42. The highest BCUT2D eigenvalue weighted by atomic mass is 79.9. The van der Waals surface area contributed by atoms with Crippen molar-refractivity contribution in [2.45, 2.75) is 18.0 Å². The molecule has 10 heteroatoms. The lowest BCUT2D eigenvalue weighted by Gasteiger charge is -2.22. The fraction of sp³-hybridized carbons (Fsp3) is 0.400. The quantitative estimate of drug-likeness (QED) is 0.261. The predicted molar refractivity (Wildman–Crippen MR) is 142 cm³/mol. The lowest BCUT2D eigenvalue weighted by molar-refractivity contribution is 0.0919. The first-order valence-corrected chi connectivity index (χ1v) is 14.6. The summed E-state index contributed by atoms with van der Waals surface area (Å²) in [7, 11) is 0. The zero-order chi connectivity index (χ0) is 22.5. The smallest absolute Gasteiger partial charge is 0.147 e. The van der Waals surface area contributed by atoms with Gasteiger partial charge in [-0.15, -0.1) is 11.8 Å². The van der Waals surface area contributed by atoms with Gasteiger partial charge in [-0.25, -0.2) is 0 Å². The third-order valence-corrected chi connectivity index (χ3v) is 8.10. The second kappa shape index (κ2) is 12.2. The fourth-order valence-corrected chi connectivity index (χ4v) is 5.90. The third kappa shape index (κ3) is 7.57. The molecule has 166 valence electrons. The minimum absolute atomic E-state index is 0.163. The maximum Gasteiger partial charge on any atom is 0.147 e. The Balaban J connectivity index is 2.25. The van der Waals surface area contributed by atoms with Gasteiger partial charge < -0.3 is 19.7 Å². The Labute approximate surface area is 219 Å². The largest absolute Gasteiger partial charge is 0.488 e. The van der Waals surface area contributed by atoms with Crippen molar-refractivity contribution in [3.63, 3.8) is 0 Å². The highest BCUT2D eigenvalue weighted by molar-refractivity contribution is 9.11. The summed E-state index contributed by atoms with van der Waals surface area (Å²) in [5.41, 5.74) is 1.93. The molecule has 2 atom stereocenters. The monoisotopic (exact) mass is 706 g/mol. The van der Waals surface area contributed by atoms with Crippen molar-refractivity contribution < 1.29 is 19.7 Å². The van der Waals surface area contributed by atoms with Crippen LogP contribution in [0.2, 0.25) is 0 Å². The molecule has 30 heavy (non-hydrogen) atoms. The average molecular weight is 710 g/mol. The third-order valence-electron chi connectivity index (χ3n) is 4.03. The molecule has 0 radical (unpaired) electrons. The minimum Gasteiger partial charge on any atom is -0.488 e. The van der Waals surface area contributed by atoms with Gasteiger partial charge in [-0.05, 0) is 119 Å². The maximum atomic E-state index is 10.2. The first-order valence-electron chi connectivity index (χ1n) is 8.76. The van der Waals surface area contributed by atoms with Crippen molar-refractivity contribution in [1.82, 2.24) is 0 Å². The van der Waals surface area contributed by atoms with E-state index in [1.54, 1.807) is 18.7 Å². The molecule has 0 spiro atoms. The molecule has 0 aliphatic rings. The van der Waals surface area contributed by atoms with Gasteiger partial charge in [-0.2, -0.15) is 11.8 Å². The molecule has 0 aromatic heterocycles. The van der Waals surface area contributed by atoms with Gasteiger partial charge in [0.05, 0.1) is 24.0 Å². The van der Waals surface area contributed by atoms with E-state index in [0.717, 1.165) is 29.0 Å². The Morgan fingerprint density at radius 1 is 0.900 bits per heavy atom. The van der Waals surface area contributed by atoms with Crippen LogP contribution in [-0.4, -0.2) is 52.7 Å². The Hall–Kier alpha value is 0.580. The Morgan fingerprint density at radius 2 is 1.33 bits per heavy atom. The molecule has 0 saturated heterocycles. The van der Waals surface area contributed by atoms with E-state index >= 15 is 0 Å². The van der Waals surface area contributed by atoms with Crippen LogP contribution in [0.5, 0.6) is 11.5 Å². The summed E-state index contributed by atoms with van der Waals surface area (Å²) in [5.74, 6) is 1.90. The van der Waals surface area contributed by atoms with E-state index in [0.29, 0.717) is 17.3 Å². The van der Waals surface area contributed by atoms with Crippen molar-refractivity contribution in [2.75, 3.05) is 31.5 Å². The van der Waals surface area contributed by atoms with Crippen LogP contribution in [0.15, 0.2) is 42.2 Å². The zero-order valence-corrected chi connectivity index (χ0v) is 24.5. The van der Waals surface area contributed by atoms with Gasteiger partial charge in [0.2, 0.25) is 0 Å². The summed E-state index contributed by atoms with van der Waals surface area (Å²) >= 11 is 17.2. The van der Waals surface area contributed by atoms with Crippen molar-refractivity contribution in [1.29, 1.82) is 0 Å². The van der Waals surface area contributed by atoms with Gasteiger partial charge >= 0.3 is 0 Å². The van der Waals surface area contributed by atoms with Crippen molar-refractivity contribution in [3.8, 4) is 22.6 Å². The molecule has 0 saturated carbocycles. The van der Waals surface area contributed by atoms with E-state index in [2.05, 4.69) is 63.7 Å². The van der Waals surface area contributed by atoms with Crippen LogP contribution in [0.1, 0.15) is 6.92 Å². The number of ether oxygens (including phenoxy) is 2. The molecule has 0 aliphatic heterocycles. The predicted octanol–water partition coefficient (Wildman–Crippen LogP) is 6.96. The molecular formula is C20H22Br4O4S2. The molecule has 2 unspecified atom stereocenters. The van der Waals surface area contributed by atoms with Crippen LogP contribution >= 0.6 is 87.2 Å². The summed E-state index contributed by atoms with van der Waals surface area (Å²) in [6.45, 7) is 2.10. The van der Waals surface area contributed by atoms with Gasteiger partial charge in [-0.1, -0.05) is 0 Å². The normalized spacial score (nSPS) is 14.3. The van der Waals surface area contributed by atoms with E-state index in [1.807, 2.05) is 36.8 Å². The molecule has 2 rings (SSSR count). The zero-order valence-electron chi connectivity index (χ0n) is 16.5. The van der Waals surface area contributed by atoms with E-state index in [9.17, 15) is 10.2 Å². The van der Waals surface area contributed by atoms with Crippen LogP contribution in [-0.2, 0) is 0 Å². The molecule has 0 aliphatic carbocycles. The van der Waals surface area contributed by atoms with Crippen LogP contribution in [0.4, 0.5) is 0 Å². The number of halogens is 4. The molecular weight excluding hydrogens is 688 g/mol. The second-order valence-electron chi connectivity index (χ2n) is 6.63. The van der Waals surface area contributed by atoms with Crippen LogP contribution in [0, 0.1) is 0 Å². The van der Waals surface area contributed by atoms with E-state index in [1.165, 1.54) is 11.8 Å². The molecule has 2 aromatic rings. The molecule has 2 N–H and O–H groups in total. The van der Waals surface area contributed by atoms with Gasteiger partial charge in [0.25, 0.3) is 0 Å². The Bertz CT molecular complexity index is 834. The van der Waals surface area contributed by atoms with E-state index < -0.39 is 11.0 Å². The summed E-state index contributed by atoms with van der Waals surface area (Å²) in [6, 6.07) is 7.86. The second-order valence-corrected chi connectivity index (χ2v) is 12.2. The first kappa shape index (κ1) is 26.8. The van der Waals surface area contributed by atoms with Crippen molar-refractivity contribution in [2.24, 2.45) is 0 Å². The summed E-state index contributed by atoms with van der Waals surface area (Å²) in [6.07, 6.45) is 3.26. The number of hydrogen-bond acceptors (Lipinski definition) is 6. The van der Waals surface area contributed by atoms with Crippen LogP contribution in [0.25, 0.3) is 11.1 Å². The summed E-state index contributed by atoms with van der Waals surface area (Å²) in [5, 5.41) is 20.1. The maximum absolute atomic E-state index is 10.2. The number of aliphatic hydroxyl groups is 2. The first-order chi connectivity index (χ1) is 14.1. The van der Waals surface area contributed by atoms with Crippen LogP contribution in [0.3, 0.4) is 0 Å². The molecule has 0 amide bonds. The number of hydrogen-bond donors (Lipinski definition) is 2. The SMILES string of the molecule is CSCC(O)COc1c(Br)cc(-c2cc(Br)c(OCC(C)(O)SC)c(Br)c2)cc1Br. The highest BCUT2D eigenvalue weighted by Gasteiger charge is 2.21. The van der Waals surface area contributed by atoms with Gasteiger partial charge in [0.1, 0.15) is 29.6 Å². The minimum atomic E-state index is -0.966. The van der Waals surface area contributed by atoms with Gasteiger partial charge in [0.15, 0.2) is 0 Å². The number of benzene rings is 2. The standard InChI is InChI=1S/C20H22Br4O4S2/c1-20(26,30-3)10-28-19-16(23)6-12(7-17(19)24)11-4-14(21)18(15(22)5-11)27-8-13(25)9-29-2/h4-7,13,25-26H,8-10H2,1-3H3. The van der Waals surface area contributed by atoms with Crippen LogP contribution < -0.4 is 9.47 Å². The lowest BCUT2D eigenvalue weighted by atomic mass is 10.1. The van der Waals surface area contributed by atoms with Gasteiger partial charge in [0, 0.05) is 5.75 Å². The summed E-state index contributed by atoms with van der Waals surface area (Å²) in [4.78, 5) is -0.966. The lowest BCUT2D eigenvalue weighted by Crippen LogP contribution is -2.27. The number of rotatable bonds is 10. The summed E-state index contributed by atoms with van der Waals surface area (Å²) < 4.78 is 14.7. The molecule has 4 nitrogen and oxygen atoms in total. The molecule has 0 heterocycles. The Morgan fingerprint density at radius 3 is 1.73 bits per heavy atom. The van der Waals surface area contributed by atoms with E-state index in [4.69, 9.17) is 9.47 Å². The number of aliphatic hydroxyl groups excluding tert-OH is 1. The van der Waals surface area contributed by atoms with E-state index in [-0.39, 0.29) is 13.2 Å². The average Bonchev–Trinajstić information content (AvgIpc) is 2.66.